The van der Waals surface area contributed by atoms with E-state index in [2.05, 4.69) is 5.32 Å². The van der Waals surface area contributed by atoms with E-state index in [4.69, 9.17) is 4.74 Å². The molecule has 1 atom stereocenters. The van der Waals surface area contributed by atoms with Gasteiger partial charge in [0.15, 0.2) is 0 Å². The van der Waals surface area contributed by atoms with E-state index in [1.165, 1.54) is 7.11 Å². The number of hydrogen-bond donors (Lipinski definition) is 1. The van der Waals surface area contributed by atoms with E-state index >= 15 is 0 Å². The first-order valence-electron chi connectivity index (χ1n) is 5.18. The second-order valence-electron chi connectivity index (χ2n) is 3.79. The van der Waals surface area contributed by atoms with Gasteiger partial charge in [0.05, 0.1) is 7.11 Å². The van der Waals surface area contributed by atoms with Crippen LogP contribution in [0.1, 0.15) is 18.4 Å². The number of carbonyl (C=O) groups excluding carboxylic acids is 1. The van der Waals surface area contributed by atoms with Gasteiger partial charge in [-0.25, -0.2) is 4.79 Å². The molecule has 0 saturated carbocycles. The van der Waals surface area contributed by atoms with E-state index in [9.17, 15) is 4.79 Å². The topological polar surface area (TPSA) is 38.3 Å². The summed E-state index contributed by atoms with van der Waals surface area (Å²) >= 11 is 0. The number of rotatable bonds is 2. The van der Waals surface area contributed by atoms with E-state index in [1.807, 2.05) is 30.3 Å². The predicted octanol–water partition coefficient (Wildman–Crippen LogP) is 1.86. The lowest BCUT2D eigenvalue weighted by Gasteiger charge is -2.26. The molecule has 0 aliphatic carbocycles. The normalized spacial score (nSPS) is 23.6. The number of benzene rings is 1. The second-order valence-corrected chi connectivity index (χ2v) is 3.79. The van der Waals surface area contributed by atoms with Crippen LogP contribution in [-0.2, 0) is 15.1 Å². The lowest BCUT2D eigenvalue weighted by molar-refractivity contribution is -0.148. The molecule has 2 rings (SSSR count). The van der Waals surface area contributed by atoms with Crippen LogP contribution in [0.3, 0.4) is 0 Å². The fourth-order valence-electron chi connectivity index (χ4n) is 2.18. The molecule has 4 heteroatoms. The molecule has 1 aromatic carbocycles. The van der Waals surface area contributed by atoms with Gasteiger partial charge in [0.2, 0.25) is 0 Å². The minimum atomic E-state index is -0.615. The van der Waals surface area contributed by atoms with Gasteiger partial charge in [-0.3, -0.25) is 5.32 Å². The van der Waals surface area contributed by atoms with Crippen molar-refractivity contribution in [2.75, 3.05) is 13.7 Å². The SMILES string of the molecule is COC(=O)C1(c2ccccc2)CCCN1.Cl. The first-order chi connectivity index (χ1) is 7.29. The molecule has 1 saturated heterocycles. The minimum Gasteiger partial charge on any atom is -0.467 e. The van der Waals surface area contributed by atoms with Crippen molar-refractivity contribution >= 4 is 18.4 Å². The highest BCUT2D eigenvalue weighted by atomic mass is 35.5. The van der Waals surface area contributed by atoms with Crippen LogP contribution < -0.4 is 5.32 Å². The second kappa shape index (κ2) is 5.32. The van der Waals surface area contributed by atoms with Crippen LogP contribution in [0.25, 0.3) is 0 Å². The third-order valence-corrected chi connectivity index (χ3v) is 2.96. The Morgan fingerprint density at radius 1 is 1.38 bits per heavy atom. The van der Waals surface area contributed by atoms with Crippen LogP contribution in [0.4, 0.5) is 0 Å². The van der Waals surface area contributed by atoms with E-state index in [-0.39, 0.29) is 18.4 Å². The fraction of sp³-hybridized carbons (Fsp3) is 0.417. The lowest BCUT2D eigenvalue weighted by Crippen LogP contribution is -2.45. The molecule has 0 bridgehead atoms. The van der Waals surface area contributed by atoms with Gasteiger partial charge in [-0.05, 0) is 24.9 Å². The monoisotopic (exact) mass is 241 g/mol. The number of esters is 1. The van der Waals surface area contributed by atoms with Crippen molar-refractivity contribution in [3.63, 3.8) is 0 Å². The third-order valence-electron chi connectivity index (χ3n) is 2.96. The molecular weight excluding hydrogens is 226 g/mol. The fourth-order valence-corrected chi connectivity index (χ4v) is 2.18. The molecule has 1 N–H and O–H groups in total. The smallest absolute Gasteiger partial charge is 0.330 e. The van der Waals surface area contributed by atoms with E-state index < -0.39 is 5.54 Å². The van der Waals surface area contributed by atoms with Gasteiger partial charge >= 0.3 is 5.97 Å². The number of hydrogen-bond acceptors (Lipinski definition) is 3. The zero-order chi connectivity index (χ0) is 10.7. The molecular formula is C12H16ClNO2. The highest BCUT2D eigenvalue weighted by molar-refractivity contribution is 5.85. The summed E-state index contributed by atoms with van der Waals surface area (Å²) in [5, 5.41) is 3.26. The molecule has 88 valence electrons. The molecule has 0 aromatic heterocycles. The summed E-state index contributed by atoms with van der Waals surface area (Å²) in [5.74, 6) is -0.189. The van der Waals surface area contributed by atoms with Gasteiger partial charge < -0.3 is 4.74 Å². The summed E-state index contributed by atoms with van der Waals surface area (Å²) in [6, 6.07) is 9.77. The Kier molecular flexibility index (Phi) is 4.33. The number of halogens is 1. The molecule has 1 heterocycles. The molecule has 3 nitrogen and oxygen atoms in total. The minimum absolute atomic E-state index is 0. The summed E-state index contributed by atoms with van der Waals surface area (Å²) < 4.78 is 4.89. The largest absolute Gasteiger partial charge is 0.467 e. The Bertz CT molecular complexity index is 347. The van der Waals surface area contributed by atoms with Gasteiger partial charge in [-0.2, -0.15) is 0 Å². The van der Waals surface area contributed by atoms with Crippen LogP contribution in [0.2, 0.25) is 0 Å². The molecule has 1 fully saturated rings. The Morgan fingerprint density at radius 3 is 2.56 bits per heavy atom. The lowest BCUT2D eigenvalue weighted by atomic mass is 9.88. The van der Waals surface area contributed by atoms with Crippen molar-refractivity contribution < 1.29 is 9.53 Å². The van der Waals surface area contributed by atoms with Crippen molar-refractivity contribution in [1.82, 2.24) is 5.32 Å². The average Bonchev–Trinajstić information content (AvgIpc) is 2.79. The Balaban J connectivity index is 0.00000128. The van der Waals surface area contributed by atoms with Crippen molar-refractivity contribution in [2.45, 2.75) is 18.4 Å². The summed E-state index contributed by atoms with van der Waals surface area (Å²) in [7, 11) is 1.44. The Morgan fingerprint density at radius 2 is 2.06 bits per heavy atom. The first-order valence-corrected chi connectivity index (χ1v) is 5.18. The molecule has 0 radical (unpaired) electrons. The Hall–Kier alpha value is -1.06. The maximum atomic E-state index is 11.9. The standard InChI is InChI=1S/C12H15NO2.ClH/c1-15-11(14)12(8-5-9-13-12)10-6-3-2-4-7-10;/h2-4,6-7,13H,5,8-9H2,1H3;1H. The summed E-state index contributed by atoms with van der Waals surface area (Å²) in [5.41, 5.74) is 0.380. The Labute approximate surface area is 102 Å². The third kappa shape index (κ3) is 2.06. The van der Waals surface area contributed by atoms with Gasteiger partial charge in [-0.15, -0.1) is 12.4 Å². The molecule has 1 aromatic rings. The zero-order valence-corrected chi connectivity index (χ0v) is 10.0. The van der Waals surface area contributed by atoms with Gasteiger partial charge in [-0.1, -0.05) is 30.3 Å². The van der Waals surface area contributed by atoms with Crippen molar-refractivity contribution in [3.8, 4) is 0 Å². The van der Waals surface area contributed by atoms with Crippen LogP contribution in [0.15, 0.2) is 30.3 Å². The van der Waals surface area contributed by atoms with Gasteiger partial charge in [0.25, 0.3) is 0 Å². The van der Waals surface area contributed by atoms with Gasteiger partial charge in [0.1, 0.15) is 5.54 Å². The maximum Gasteiger partial charge on any atom is 0.330 e. The van der Waals surface area contributed by atoms with Crippen molar-refractivity contribution in [3.05, 3.63) is 35.9 Å². The van der Waals surface area contributed by atoms with Crippen LogP contribution in [0, 0.1) is 0 Å². The summed E-state index contributed by atoms with van der Waals surface area (Å²) in [6.07, 6.45) is 1.81. The van der Waals surface area contributed by atoms with E-state index in [1.54, 1.807) is 0 Å². The molecule has 0 spiro atoms. The zero-order valence-electron chi connectivity index (χ0n) is 9.23. The average molecular weight is 242 g/mol. The molecule has 16 heavy (non-hydrogen) atoms. The highest BCUT2D eigenvalue weighted by Gasteiger charge is 2.43. The van der Waals surface area contributed by atoms with Crippen molar-refractivity contribution in [1.29, 1.82) is 0 Å². The molecule has 1 aliphatic rings. The number of carbonyl (C=O) groups is 1. The predicted molar refractivity (Wildman–Crippen MR) is 64.6 cm³/mol. The van der Waals surface area contributed by atoms with E-state index in [0.717, 1.165) is 24.9 Å². The highest BCUT2D eigenvalue weighted by Crippen LogP contribution is 2.31. The number of methoxy groups -OCH3 is 1. The van der Waals surface area contributed by atoms with Crippen molar-refractivity contribution in [2.24, 2.45) is 0 Å². The van der Waals surface area contributed by atoms with E-state index in [0.29, 0.717) is 0 Å². The first kappa shape index (κ1) is 13.0. The summed E-state index contributed by atoms with van der Waals surface area (Å²) in [4.78, 5) is 11.9. The number of ether oxygens (including phenoxy) is 1. The van der Waals surface area contributed by atoms with Crippen LogP contribution >= 0.6 is 12.4 Å². The van der Waals surface area contributed by atoms with Crippen LogP contribution in [-0.4, -0.2) is 19.6 Å². The quantitative estimate of drug-likeness (QED) is 0.804. The maximum absolute atomic E-state index is 11.9. The summed E-state index contributed by atoms with van der Waals surface area (Å²) in [6.45, 7) is 0.865. The molecule has 0 amide bonds. The molecule has 1 aliphatic heterocycles. The van der Waals surface area contributed by atoms with Gasteiger partial charge in [0, 0.05) is 0 Å². The molecule has 1 unspecified atom stereocenters. The van der Waals surface area contributed by atoms with Crippen LogP contribution in [0.5, 0.6) is 0 Å². The number of nitrogens with one attached hydrogen (secondary N) is 1.